The molecule has 0 heterocycles. The van der Waals surface area contributed by atoms with Crippen LogP contribution in [0.15, 0.2) is 42.5 Å². The van der Waals surface area contributed by atoms with Gasteiger partial charge in [-0.05, 0) is 23.8 Å². The Morgan fingerprint density at radius 3 is 2.50 bits per heavy atom. The Hall–Kier alpha value is -2.64. The average Bonchev–Trinajstić information content (AvgIpc) is 2.61. The summed E-state index contributed by atoms with van der Waals surface area (Å²) in [6.07, 6.45) is 0. The van der Waals surface area contributed by atoms with Crippen molar-refractivity contribution in [1.82, 2.24) is 10.2 Å². The summed E-state index contributed by atoms with van der Waals surface area (Å²) >= 11 is 12.0. The van der Waals surface area contributed by atoms with E-state index in [2.05, 4.69) is 5.32 Å². The summed E-state index contributed by atoms with van der Waals surface area (Å²) in [5.74, 6) is -0.848. The number of rotatable bonds is 6. The molecule has 0 bridgehead atoms. The highest BCUT2D eigenvalue weighted by atomic mass is 35.5. The van der Waals surface area contributed by atoms with Crippen molar-refractivity contribution in [3.8, 4) is 0 Å². The van der Waals surface area contributed by atoms with E-state index in [1.165, 1.54) is 30.1 Å². The van der Waals surface area contributed by atoms with Gasteiger partial charge >= 0.3 is 0 Å². The molecule has 136 valence electrons. The average molecular weight is 396 g/mol. The molecule has 2 amide bonds. The number of hydrogen-bond donors (Lipinski definition) is 1. The summed E-state index contributed by atoms with van der Waals surface area (Å²) in [5.41, 5.74) is 0.595. The zero-order valence-electron chi connectivity index (χ0n) is 13.7. The van der Waals surface area contributed by atoms with Crippen LogP contribution in [0.3, 0.4) is 0 Å². The zero-order valence-corrected chi connectivity index (χ0v) is 15.3. The van der Waals surface area contributed by atoms with Crippen molar-refractivity contribution >= 4 is 40.7 Å². The second kappa shape index (κ2) is 8.64. The number of carbonyl (C=O) groups is 2. The number of benzene rings is 2. The number of carbonyl (C=O) groups excluding carboxylic acids is 2. The maximum Gasteiger partial charge on any atom is 0.269 e. The van der Waals surface area contributed by atoms with Crippen LogP contribution in [0.25, 0.3) is 0 Å². The van der Waals surface area contributed by atoms with E-state index < -0.39 is 10.8 Å². The number of nitrogens with one attached hydrogen (secondary N) is 1. The van der Waals surface area contributed by atoms with Crippen LogP contribution in [0.1, 0.15) is 15.9 Å². The number of nitro benzene ring substituents is 1. The highest BCUT2D eigenvalue weighted by Gasteiger charge is 2.16. The first-order chi connectivity index (χ1) is 12.3. The Labute approximate surface area is 159 Å². The molecule has 0 aliphatic heterocycles. The highest BCUT2D eigenvalue weighted by Crippen LogP contribution is 2.23. The highest BCUT2D eigenvalue weighted by molar-refractivity contribution is 6.33. The van der Waals surface area contributed by atoms with Crippen LogP contribution < -0.4 is 5.32 Å². The number of non-ortho nitro benzene ring substituents is 1. The number of hydrogen-bond acceptors (Lipinski definition) is 4. The van der Waals surface area contributed by atoms with Crippen LogP contribution >= 0.6 is 23.2 Å². The fraction of sp³-hybridized carbons (Fsp3) is 0.176. The van der Waals surface area contributed by atoms with Crippen molar-refractivity contribution in [2.24, 2.45) is 0 Å². The van der Waals surface area contributed by atoms with Gasteiger partial charge in [-0.15, -0.1) is 0 Å². The first-order valence-electron chi connectivity index (χ1n) is 7.49. The lowest BCUT2D eigenvalue weighted by Gasteiger charge is -2.18. The van der Waals surface area contributed by atoms with Gasteiger partial charge < -0.3 is 10.2 Å². The fourth-order valence-corrected chi connectivity index (χ4v) is 2.57. The van der Waals surface area contributed by atoms with E-state index in [1.807, 2.05) is 0 Å². The predicted molar refractivity (Wildman–Crippen MR) is 98.4 cm³/mol. The lowest BCUT2D eigenvalue weighted by Crippen LogP contribution is -2.37. The van der Waals surface area contributed by atoms with Crippen LogP contribution in [0.5, 0.6) is 0 Å². The largest absolute Gasteiger partial charge is 0.343 e. The minimum absolute atomic E-state index is 0.0707. The predicted octanol–water partition coefficient (Wildman–Crippen LogP) is 3.29. The Bertz CT molecular complexity index is 858. The van der Waals surface area contributed by atoms with E-state index in [1.54, 1.807) is 24.3 Å². The molecule has 0 saturated carbocycles. The molecule has 0 radical (unpaired) electrons. The van der Waals surface area contributed by atoms with Gasteiger partial charge in [-0.1, -0.05) is 35.3 Å². The zero-order chi connectivity index (χ0) is 19.3. The number of nitrogens with zero attached hydrogens (tertiary/aromatic N) is 2. The third-order valence-electron chi connectivity index (χ3n) is 3.59. The summed E-state index contributed by atoms with van der Waals surface area (Å²) in [5, 5.41) is 13.9. The summed E-state index contributed by atoms with van der Waals surface area (Å²) < 4.78 is 0. The Morgan fingerprint density at radius 2 is 1.85 bits per heavy atom. The SMILES string of the molecule is CN(Cc1cc([N+](=O)[O-])ccc1Cl)C(=O)CNC(=O)c1ccccc1Cl. The summed E-state index contributed by atoms with van der Waals surface area (Å²) in [6, 6.07) is 10.5. The van der Waals surface area contributed by atoms with E-state index in [9.17, 15) is 19.7 Å². The Kier molecular flexibility index (Phi) is 6.54. The number of nitro groups is 1. The van der Waals surface area contributed by atoms with Gasteiger partial charge in [-0.25, -0.2) is 0 Å². The van der Waals surface area contributed by atoms with Gasteiger partial charge in [0, 0.05) is 30.7 Å². The molecule has 0 aliphatic carbocycles. The van der Waals surface area contributed by atoms with E-state index >= 15 is 0 Å². The van der Waals surface area contributed by atoms with Crippen LogP contribution in [0.4, 0.5) is 5.69 Å². The second-order valence-electron chi connectivity index (χ2n) is 5.45. The molecule has 0 atom stereocenters. The molecule has 1 N–H and O–H groups in total. The van der Waals surface area contributed by atoms with Gasteiger partial charge in [0.05, 0.1) is 22.1 Å². The minimum Gasteiger partial charge on any atom is -0.343 e. The maximum atomic E-state index is 12.2. The normalized spacial score (nSPS) is 10.3. The van der Waals surface area contributed by atoms with Crippen molar-refractivity contribution in [1.29, 1.82) is 0 Å². The van der Waals surface area contributed by atoms with Crippen LogP contribution in [-0.4, -0.2) is 35.2 Å². The quantitative estimate of drug-likeness (QED) is 0.599. The Morgan fingerprint density at radius 1 is 1.15 bits per heavy atom. The van der Waals surface area contributed by atoms with Gasteiger partial charge in [-0.2, -0.15) is 0 Å². The van der Waals surface area contributed by atoms with Gasteiger partial charge in [0.15, 0.2) is 0 Å². The second-order valence-corrected chi connectivity index (χ2v) is 6.26. The van der Waals surface area contributed by atoms with Gasteiger partial charge in [-0.3, -0.25) is 19.7 Å². The third kappa shape index (κ3) is 4.93. The summed E-state index contributed by atoms with van der Waals surface area (Å²) in [6.45, 7) is -0.172. The fourth-order valence-electron chi connectivity index (χ4n) is 2.17. The Balaban J connectivity index is 1.98. The van der Waals surface area contributed by atoms with Crippen LogP contribution in [-0.2, 0) is 11.3 Å². The van der Waals surface area contributed by atoms with Crippen LogP contribution in [0.2, 0.25) is 10.0 Å². The van der Waals surface area contributed by atoms with E-state index in [0.717, 1.165) is 0 Å². The standard InChI is InChI=1S/C17H15Cl2N3O4/c1-21(10-11-8-12(22(25)26)6-7-14(11)18)16(23)9-20-17(24)13-4-2-3-5-15(13)19/h2-8H,9-10H2,1H3,(H,20,24). The summed E-state index contributed by atoms with van der Waals surface area (Å²) in [7, 11) is 1.51. The molecular weight excluding hydrogens is 381 g/mol. The maximum absolute atomic E-state index is 12.2. The first kappa shape index (κ1) is 19.7. The monoisotopic (exact) mass is 395 g/mol. The molecule has 2 aromatic rings. The van der Waals surface area contributed by atoms with Crippen molar-refractivity contribution < 1.29 is 14.5 Å². The topological polar surface area (TPSA) is 92.5 Å². The third-order valence-corrected chi connectivity index (χ3v) is 4.29. The molecule has 2 rings (SSSR count). The summed E-state index contributed by atoms with van der Waals surface area (Å²) in [4.78, 5) is 35.9. The van der Waals surface area contributed by atoms with E-state index in [-0.39, 0.29) is 35.3 Å². The van der Waals surface area contributed by atoms with E-state index in [4.69, 9.17) is 23.2 Å². The van der Waals surface area contributed by atoms with Crippen LogP contribution in [0, 0.1) is 10.1 Å². The van der Waals surface area contributed by atoms with Crippen molar-refractivity contribution in [2.75, 3.05) is 13.6 Å². The lowest BCUT2D eigenvalue weighted by molar-refractivity contribution is -0.384. The van der Waals surface area contributed by atoms with E-state index in [0.29, 0.717) is 10.6 Å². The molecule has 26 heavy (non-hydrogen) atoms. The van der Waals surface area contributed by atoms with Gasteiger partial charge in [0.25, 0.3) is 11.6 Å². The number of halogens is 2. The van der Waals surface area contributed by atoms with Crippen molar-refractivity contribution in [2.45, 2.75) is 6.54 Å². The lowest BCUT2D eigenvalue weighted by atomic mass is 10.2. The van der Waals surface area contributed by atoms with Gasteiger partial charge in [0.1, 0.15) is 0 Å². The van der Waals surface area contributed by atoms with Gasteiger partial charge in [0.2, 0.25) is 5.91 Å². The molecule has 0 aliphatic rings. The molecule has 0 spiro atoms. The minimum atomic E-state index is -0.536. The molecule has 2 aromatic carbocycles. The number of amides is 2. The molecule has 0 unspecified atom stereocenters. The number of likely N-dealkylation sites (N-methyl/N-ethyl adjacent to an activating group) is 1. The molecule has 9 heteroatoms. The molecular formula is C17H15Cl2N3O4. The molecule has 0 saturated heterocycles. The first-order valence-corrected chi connectivity index (χ1v) is 8.24. The molecule has 0 aromatic heterocycles. The smallest absolute Gasteiger partial charge is 0.269 e. The van der Waals surface area contributed by atoms with Crippen molar-refractivity contribution in [3.63, 3.8) is 0 Å². The molecule has 0 fully saturated rings. The van der Waals surface area contributed by atoms with Crippen molar-refractivity contribution in [3.05, 3.63) is 73.8 Å². The molecule has 7 nitrogen and oxygen atoms in total.